The van der Waals surface area contributed by atoms with Crippen LogP contribution in [-0.4, -0.2) is 27.5 Å². The van der Waals surface area contributed by atoms with Crippen LogP contribution in [0.4, 0.5) is 24.5 Å². The Kier molecular flexibility index (Phi) is 7.65. The molecule has 2 aliphatic heterocycles. The number of fused-ring (bicyclic) bond motifs is 3. The summed E-state index contributed by atoms with van der Waals surface area (Å²) in [5, 5.41) is 3.98. The molecule has 0 aliphatic carbocycles. The summed E-state index contributed by atoms with van der Waals surface area (Å²) in [4.78, 5) is 55.6. The molecule has 0 bridgehead atoms. The van der Waals surface area contributed by atoms with Crippen LogP contribution in [0.25, 0.3) is 10.8 Å². The van der Waals surface area contributed by atoms with E-state index in [0.717, 1.165) is 57.0 Å². The zero-order valence-electron chi connectivity index (χ0n) is 23.5. The second-order valence-electron chi connectivity index (χ2n) is 10.9. The van der Waals surface area contributed by atoms with Gasteiger partial charge in [-0.2, -0.15) is 13.2 Å². The molecular weight excluding hydrogens is 703 g/mol. The molecule has 13 heteroatoms. The molecule has 7 rings (SSSR count). The highest BCUT2D eigenvalue weighted by Gasteiger charge is 2.57. The van der Waals surface area contributed by atoms with E-state index in [1.165, 1.54) is 10.6 Å². The van der Waals surface area contributed by atoms with Gasteiger partial charge in [-0.25, -0.2) is 4.90 Å². The molecule has 1 aromatic heterocycles. The van der Waals surface area contributed by atoms with Crippen molar-refractivity contribution in [3.63, 3.8) is 0 Å². The van der Waals surface area contributed by atoms with Gasteiger partial charge < -0.3 is 5.32 Å². The van der Waals surface area contributed by atoms with E-state index in [1.54, 1.807) is 30.3 Å². The van der Waals surface area contributed by atoms with Crippen LogP contribution in [0.2, 0.25) is 0 Å². The maximum atomic E-state index is 14.0. The Bertz CT molecular complexity index is 2120. The molecule has 0 saturated carbocycles. The van der Waals surface area contributed by atoms with Crippen LogP contribution in [0, 0.1) is 5.92 Å². The Morgan fingerprint density at radius 3 is 2.41 bits per heavy atom. The molecule has 4 aromatic carbocycles. The van der Waals surface area contributed by atoms with Crippen molar-refractivity contribution in [3.05, 3.63) is 121 Å². The first-order chi connectivity index (χ1) is 22.0. The van der Waals surface area contributed by atoms with E-state index in [1.807, 2.05) is 36.4 Å². The first kappa shape index (κ1) is 30.5. The zero-order chi connectivity index (χ0) is 32.3. The van der Waals surface area contributed by atoms with Crippen molar-refractivity contribution in [1.82, 2.24) is 4.57 Å². The molecule has 1 saturated heterocycles. The van der Waals surface area contributed by atoms with Gasteiger partial charge in [0.05, 0.1) is 22.2 Å². The number of nitrogens with one attached hydrogen (secondary N) is 1. The number of carbonyl (C=O) groups is 3. The summed E-state index contributed by atoms with van der Waals surface area (Å²) in [6, 6.07) is 24.3. The van der Waals surface area contributed by atoms with Gasteiger partial charge in [-0.1, -0.05) is 93.6 Å². The van der Waals surface area contributed by atoms with Gasteiger partial charge in [-0.05, 0) is 47.3 Å². The second-order valence-corrected chi connectivity index (χ2v) is 13.9. The third-order valence-corrected chi connectivity index (χ3v) is 11.2. The first-order valence-corrected chi connectivity index (χ1v) is 16.5. The van der Waals surface area contributed by atoms with Crippen LogP contribution in [0.5, 0.6) is 0 Å². The minimum absolute atomic E-state index is 0.178. The fourth-order valence-corrected chi connectivity index (χ4v) is 9.25. The van der Waals surface area contributed by atoms with Crippen molar-refractivity contribution >= 4 is 78.9 Å². The SMILES string of the molecule is O=C(Cn1c2c(sc1=O)[C@@H](c1cccc(Br)c1)[C@@H]1C(=O)N(c3cccc(C(F)(F)F)c3)C(=O)[C@@H]1S2)Nc1cccc2ccccc12. The smallest absolute Gasteiger partial charge is 0.324 e. The predicted octanol–water partition coefficient (Wildman–Crippen LogP) is 7.28. The number of amides is 3. The average Bonchev–Trinajstić information content (AvgIpc) is 3.47. The number of nitrogens with zero attached hydrogens (tertiary/aromatic N) is 2. The van der Waals surface area contributed by atoms with Gasteiger partial charge in [-0.3, -0.25) is 23.7 Å². The van der Waals surface area contributed by atoms with Crippen LogP contribution >= 0.6 is 39.0 Å². The van der Waals surface area contributed by atoms with Crippen LogP contribution in [-0.2, 0) is 27.1 Å². The second kappa shape index (κ2) is 11.6. The molecule has 2 aliphatic rings. The Morgan fingerprint density at radius 2 is 1.63 bits per heavy atom. The molecular formula is C33H21BrF3N3O4S2. The van der Waals surface area contributed by atoms with Gasteiger partial charge in [0.25, 0.3) is 0 Å². The minimum atomic E-state index is -4.67. The van der Waals surface area contributed by atoms with E-state index < -0.39 is 51.4 Å². The molecule has 5 aromatic rings. The van der Waals surface area contributed by atoms with Crippen LogP contribution in [0.1, 0.15) is 21.9 Å². The summed E-state index contributed by atoms with van der Waals surface area (Å²) < 4.78 is 42.6. The number of hydrogen-bond acceptors (Lipinski definition) is 6. The summed E-state index contributed by atoms with van der Waals surface area (Å²) in [7, 11) is 0. The lowest BCUT2D eigenvalue weighted by Gasteiger charge is -2.30. The van der Waals surface area contributed by atoms with E-state index >= 15 is 0 Å². The average molecular weight is 725 g/mol. The van der Waals surface area contributed by atoms with Gasteiger partial charge in [0.15, 0.2) is 0 Å². The lowest BCUT2D eigenvalue weighted by molar-refractivity contribution is -0.137. The number of imide groups is 1. The summed E-state index contributed by atoms with van der Waals surface area (Å²) in [6.07, 6.45) is -4.67. The van der Waals surface area contributed by atoms with Gasteiger partial charge in [0.1, 0.15) is 11.8 Å². The number of alkyl halides is 3. The van der Waals surface area contributed by atoms with Gasteiger partial charge in [-0.15, -0.1) is 0 Å². The molecule has 3 amide bonds. The number of anilines is 2. The minimum Gasteiger partial charge on any atom is -0.324 e. The van der Waals surface area contributed by atoms with Crippen LogP contribution < -0.4 is 15.1 Å². The zero-order valence-corrected chi connectivity index (χ0v) is 26.7. The Hall–Kier alpha value is -4.20. The van der Waals surface area contributed by atoms with Crippen molar-refractivity contribution in [1.29, 1.82) is 0 Å². The summed E-state index contributed by atoms with van der Waals surface area (Å²) in [5.74, 6) is -3.55. The molecule has 3 atom stereocenters. The predicted molar refractivity (Wildman–Crippen MR) is 174 cm³/mol. The molecule has 1 N–H and O–H groups in total. The van der Waals surface area contributed by atoms with Crippen molar-refractivity contribution < 1.29 is 27.6 Å². The van der Waals surface area contributed by atoms with E-state index in [0.29, 0.717) is 25.6 Å². The highest BCUT2D eigenvalue weighted by molar-refractivity contribution is 9.10. The maximum Gasteiger partial charge on any atom is 0.416 e. The Labute approximate surface area is 276 Å². The number of halogens is 4. The van der Waals surface area contributed by atoms with Crippen molar-refractivity contribution in [3.8, 4) is 0 Å². The largest absolute Gasteiger partial charge is 0.416 e. The fraction of sp³-hybridized carbons (Fsp3) is 0.152. The Balaban J connectivity index is 1.28. The molecule has 0 radical (unpaired) electrons. The number of aromatic nitrogens is 1. The van der Waals surface area contributed by atoms with E-state index in [4.69, 9.17) is 0 Å². The molecule has 46 heavy (non-hydrogen) atoms. The number of benzene rings is 4. The van der Waals surface area contributed by atoms with Crippen molar-refractivity contribution in [2.24, 2.45) is 5.92 Å². The maximum absolute atomic E-state index is 14.0. The summed E-state index contributed by atoms with van der Waals surface area (Å²) >= 11 is 5.34. The molecule has 3 heterocycles. The van der Waals surface area contributed by atoms with E-state index in [-0.39, 0.29) is 12.2 Å². The van der Waals surface area contributed by atoms with E-state index in [2.05, 4.69) is 21.2 Å². The van der Waals surface area contributed by atoms with Crippen molar-refractivity contribution in [2.75, 3.05) is 10.2 Å². The monoisotopic (exact) mass is 723 g/mol. The van der Waals surface area contributed by atoms with Crippen LogP contribution in [0.3, 0.4) is 0 Å². The Morgan fingerprint density at radius 1 is 0.891 bits per heavy atom. The molecule has 7 nitrogen and oxygen atoms in total. The number of hydrogen-bond donors (Lipinski definition) is 1. The third kappa shape index (κ3) is 5.25. The lowest BCUT2D eigenvalue weighted by Crippen LogP contribution is -2.33. The molecule has 0 spiro atoms. The van der Waals surface area contributed by atoms with Gasteiger partial charge in [0, 0.05) is 26.3 Å². The number of carbonyl (C=O) groups excluding carboxylic acids is 3. The first-order valence-electron chi connectivity index (χ1n) is 14.0. The highest BCUT2D eigenvalue weighted by atomic mass is 79.9. The molecule has 0 unspecified atom stereocenters. The van der Waals surface area contributed by atoms with Crippen LogP contribution in [0.15, 0.2) is 105 Å². The summed E-state index contributed by atoms with van der Waals surface area (Å²) in [5.41, 5.74) is 0.0599. The number of thioether (sulfide) groups is 1. The standard InChI is InChI=1S/C33H21BrF3N3O4S2/c34-20-10-3-8-18(14-20)25-26-27(30(43)40(29(26)42)21-11-5-9-19(15-21)33(35,36)37)45-31-28(25)46-32(44)39(31)16-24(41)38-23-13-4-7-17-6-1-2-12-22(17)23/h1-15,25-27H,16H2,(H,38,41)/t25-,26-,27+/m0/s1. The number of thiazole rings is 1. The summed E-state index contributed by atoms with van der Waals surface area (Å²) in [6.45, 7) is -0.344. The highest BCUT2D eigenvalue weighted by Crippen LogP contribution is 2.54. The van der Waals surface area contributed by atoms with E-state index in [9.17, 15) is 32.3 Å². The van der Waals surface area contributed by atoms with Gasteiger partial charge >= 0.3 is 11.0 Å². The quantitative estimate of drug-likeness (QED) is 0.193. The van der Waals surface area contributed by atoms with Gasteiger partial charge in [0.2, 0.25) is 17.7 Å². The fourth-order valence-electron chi connectivity index (χ4n) is 6.06. The molecule has 1 fully saturated rings. The number of rotatable bonds is 5. The topological polar surface area (TPSA) is 88.5 Å². The van der Waals surface area contributed by atoms with Crippen molar-refractivity contribution in [2.45, 2.75) is 28.9 Å². The third-order valence-electron chi connectivity index (χ3n) is 8.05. The lowest BCUT2D eigenvalue weighted by atomic mass is 9.83. The molecule has 232 valence electrons. The normalized spacial score (nSPS) is 19.3.